The van der Waals surface area contributed by atoms with E-state index in [0.29, 0.717) is 6.42 Å². The van der Waals surface area contributed by atoms with Crippen molar-refractivity contribution in [1.82, 2.24) is 14.8 Å². The number of rotatable bonds is 10. The Kier molecular flexibility index (Phi) is 8.60. The van der Waals surface area contributed by atoms with E-state index in [1.54, 1.807) is 11.8 Å². The number of hydrogen-bond donors (Lipinski definition) is 1. The molecule has 2 aromatic carbocycles. The Bertz CT molecular complexity index is 984. The zero-order valence-corrected chi connectivity index (χ0v) is 20.2. The van der Waals surface area contributed by atoms with Gasteiger partial charge in [-0.15, -0.1) is 22.0 Å². The van der Waals surface area contributed by atoms with Crippen LogP contribution in [0.5, 0.6) is 0 Å². The molecule has 1 unspecified atom stereocenters. The minimum absolute atomic E-state index is 0.00187. The Balaban J connectivity index is 1.65. The first kappa shape index (κ1) is 23.4. The second-order valence-electron chi connectivity index (χ2n) is 7.30. The molecule has 0 aliphatic rings. The molecule has 0 saturated carbocycles. The van der Waals surface area contributed by atoms with Crippen molar-refractivity contribution in [1.29, 1.82) is 0 Å². The molecule has 3 aromatic rings. The molecule has 0 fully saturated rings. The van der Waals surface area contributed by atoms with Gasteiger partial charge in [0.25, 0.3) is 0 Å². The van der Waals surface area contributed by atoms with Gasteiger partial charge in [0.1, 0.15) is 5.82 Å². The summed E-state index contributed by atoms with van der Waals surface area (Å²) in [6.45, 7) is 9.10. The second kappa shape index (κ2) is 11.4. The average molecular weight is 455 g/mol. The highest BCUT2D eigenvalue weighted by atomic mass is 32.2. The normalized spacial score (nSPS) is 12.0. The molecule has 1 heterocycles. The fourth-order valence-corrected chi connectivity index (χ4v) is 4.98. The standard InChI is InChI=1S/C24H30N4OS2/c1-5-18-10-12-19(13-11-18)25-23(29)21(6-2)31-24-27-26-22(28(24)7-3)16-30-20-14-8-17(4)9-15-20/h8-15,21H,5-7,16H2,1-4H3,(H,25,29). The topological polar surface area (TPSA) is 59.8 Å². The summed E-state index contributed by atoms with van der Waals surface area (Å²) in [6.07, 6.45) is 1.70. The van der Waals surface area contributed by atoms with Crippen molar-refractivity contribution in [2.24, 2.45) is 0 Å². The van der Waals surface area contributed by atoms with Crippen molar-refractivity contribution in [2.45, 2.75) is 68.1 Å². The van der Waals surface area contributed by atoms with Gasteiger partial charge in [0.2, 0.25) is 5.91 Å². The van der Waals surface area contributed by atoms with E-state index < -0.39 is 0 Å². The van der Waals surface area contributed by atoms with E-state index in [0.717, 1.165) is 35.4 Å². The van der Waals surface area contributed by atoms with Crippen LogP contribution in [0.3, 0.4) is 0 Å². The summed E-state index contributed by atoms with van der Waals surface area (Å²) in [5, 5.41) is 12.4. The lowest BCUT2D eigenvalue weighted by molar-refractivity contribution is -0.115. The highest BCUT2D eigenvalue weighted by Gasteiger charge is 2.22. The third-order valence-corrected chi connectivity index (χ3v) is 7.39. The largest absolute Gasteiger partial charge is 0.325 e. The van der Waals surface area contributed by atoms with Crippen LogP contribution in [-0.2, 0) is 23.5 Å². The molecule has 0 aliphatic heterocycles. The molecule has 0 spiro atoms. The monoisotopic (exact) mass is 454 g/mol. The maximum Gasteiger partial charge on any atom is 0.237 e. The fraction of sp³-hybridized carbons (Fsp3) is 0.375. The van der Waals surface area contributed by atoms with E-state index in [1.807, 2.05) is 19.1 Å². The molecule has 164 valence electrons. The van der Waals surface area contributed by atoms with Crippen molar-refractivity contribution >= 4 is 35.1 Å². The van der Waals surface area contributed by atoms with Crippen LogP contribution in [0, 0.1) is 6.92 Å². The van der Waals surface area contributed by atoms with E-state index in [9.17, 15) is 4.79 Å². The van der Waals surface area contributed by atoms with Crippen LogP contribution in [-0.4, -0.2) is 25.9 Å². The first-order chi connectivity index (χ1) is 15.0. The molecule has 7 heteroatoms. The Morgan fingerprint density at radius 3 is 2.35 bits per heavy atom. The number of aryl methyl sites for hydroxylation is 2. The number of carbonyl (C=O) groups excluding carboxylic acids is 1. The first-order valence-corrected chi connectivity index (χ1v) is 12.6. The average Bonchev–Trinajstić information content (AvgIpc) is 3.18. The Morgan fingerprint density at radius 2 is 1.74 bits per heavy atom. The van der Waals surface area contributed by atoms with Gasteiger partial charge < -0.3 is 9.88 Å². The van der Waals surface area contributed by atoms with Crippen LogP contribution < -0.4 is 5.32 Å². The molecule has 3 rings (SSSR count). The fourth-order valence-electron chi connectivity index (χ4n) is 3.11. The predicted molar refractivity (Wildman–Crippen MR) is 131 cm³/mol. The minimum atomic E-state index is -0.224. The summed E-state index contributed by atoms with van der Waals surface area (Å²) in [4.78, 5) is 14.1. The van der Waals surface area contributed by atoms with E-state index in [-0.39, 0.29) is 11.2 Å². The molecule has 0 aliphatic carbocycles. The Labute approximate surface area is 193 Å². The van der Waals surface area contributed by atoms with Crippen molar-refractivity contribution in [3.05, 3.63) is 65.5 Å². The SMILES string of the molecule is CCc1ccc(NC(=O)C(CC)Sc2nnc(CSc3ccc(C)cc3)n2CC)cc1. The van der Waals surface area contributed by atoms with Crippen molar-refractivity contribution < 1.29 is 4.79 Å². The van der Waals surface area contributed by atoms with Crippen LogP contribution in [0.2, 0.25) is 0 Å². The van der Waals surface area contributed by atoms with E-state index in [4.69, 9.17) is 0 Å². The maximum atomic E-state index is 12.9. The molecule has 0 bridgehead atoms. The number of amides is 1. The van der Waals surface area contributed by atoms with Crippen LogP contribution in [0.15, 0.2) is 58.6 Å². The van der Waals surface area contributed by atoms with Gasteiger partial charge in [-0.05, 0) is 56.5 Å². The zero-order valence-electron chi connectivity index (χ0n) is 18.6. The number of aromatic nitrogens is 3. The molecule has 0 saturated heterocycles. The summed E-state index contributed by atoms with van der Waals surface area (Å²) < 4.78 is 2.11. The maximum absolute atomic E-state index is 12.9. The predicted octanol–water partition coefficient (Wildman–Crippen LogP) is 5.97. The number of benzene rings is 2. The van der Waals surface area contributed by atoms with Crippen molar-refractivity contribution in [3.8, 4) is 0 Å². The van der Waals surface area contributed by atoms with Gasteiger partial charge in [-0.3, -0.25) is 4.79 Å². The second-order valence-corrected chi connectivity index (χ2v) is 9.52. The zero-order chi connectivity index (χ0) is 22.2. The van der Waals surface area contributed by atoms with Crippen LogP contribution in [0.4, 0.5) is 5.69 Å². The Morgan fingerprint density at radius 1 is 1.03 bits per heavy atom. The number of thioether (sulfide) groups is 2. The van der Waals surface area contributed by atoms with Gasteiger partial charge in [-0.25, -0.2) is 0 Å². The molecule has 1 amide bonds. The van der Waals surface area contributed by atoms with E-state index in [2.05, 4.69) is 77.3 Å². The van der Waals surface area contributed by atoms with Gasteiger partial charge in [-0.2, -0.15) is 0 Å². The van der Waals surface area contributed by atoms with Crippen LogP contribution in [0.1, 0.15) is 44.1 Å². The van der Waals surface area contributed by atoms with Gasteiger partial charge in [0.15, 0.2) is 5.16 Å². The summed E-state index contributed by atoms with van der Waals surface area (Å²) in [6, 6.07) is 16.5. The molecule has 0 radical (unpaired) electrons. The summed E-state index contributed by atoms with van der Waals surface area (Å²) in [5.41, 5.74) is 3.34. The highest BCUT2D eigenvalue weighted by molar-refractivity contribution is 8.00. The van der Waals surface area contributed by atoms with E-state index >= 15 is 0 Å². The highest BCUT2D eigenvalue weighted by Crippen LogP contribution is 2.28. The molecule has 5 nitrogen and oxygen atoms in total. The van der Waals surface area contributed by atoms with Gasteiger partial charge >= 0.3 is 0 Å². The van der Waals surface area contributed by atoms with Gasteiger partial charge in [0.05, 0.1) is 11.0 Å². The van der Waals surface area contributed by atoms with Crippen molar-refractivity contribution in [2.75, 3.05) is 5.32 Å². The summed E-state index contributed by atoms with van der Waals surface area (Å²) >= 11 is 3.24. The lowest BCUT2D eigenvalue weighted by Gasteiger charge is -2.15. The molecule has 1 atom stereocenters. The Hall–Kier alpha value is -2.25. The summed E-state index contributed by atoms with van der Waals surface area (Å²) in [7, 11) is 0. The van der Waals surface area contributed by atoms with Gasteiger partial charge in [-0.1, -0.05) is 55.4 Å². The lowest BCUT2D eigenvalue weighted by Crippen LogP contribution is -2.25. The number of nitrogens with zero attached hydrogens (tertiary/aromatic N) is 3. The lowest BCUT2D eigenvalue weighted by atomic mass is 10.1. The van der Waals surface area contributed by atoms with Crippen LogP contribution in [0.25, 0.3) is 0 Å². The number of anilines is 1. The molecule has 1 aromatic heterocycles. The smallest absolute Gasteiger partial charge is 0.237 e. The number of carbonyl (C=O) groups is 1. The quantitative estimate of drug-likeness (QED) is 0.382. The molecule has 1 N–H and O–H groups in total. The summed E-state index contributed by atoms with van der Waals surface area (Å²) in [5.74, 6) is 1.68. The van der Waals surface area contributed by atoms with Crippen molar-refractivity contribution in [3.63, 3.8) is 0 Å². The third-order valence-electron chi connectivity index (χ3n) is 5.04. The molecular weight excluding hydrogens is 424 g/mol. The minimum Gasteiger partial charge on any atom is -0.325 e. The van der Waals surface area contributed by atoms with E-state index in [1.165, 1.54) is 27.8 Å². The number of nitrogens with one attached hydrogen (secondary N) is 1. The third kappa shape index (κ3) is 6.37. The van der Waals surface area contributed by atoms with Gasteiger partial charge in [0, 0.05) is 17.1 Å². The molecular formula is C24H30N4OS2. The molecule has 31 heavy (non-hydrogen) atoms. The van der Waals surface area contributed by atoms with Crippen LogP contribution >= 0.6 is 23.5 Å². The number of hydrogen-bond acceptors (Lipinski definition) is 5. The first-order valence-electron chi connectivity index (χ1n) is 10.7.